The number of carboxylic acid groups (broad SMARTS) is 1. The number of carbonyl (C=O) groups is 3. The SMILES string of the molecule is CC1(C)CCN(C(=O)NC(=O)CCC(=O)O)CC1. The first-order valence-corrected chi connectivity index (χ1v) is 6.11. The van der Waals surface area contributed by atoms with Crippen LogP contribution >= 0.6 is 0 Å². The summed E-state index contributed by atoms with van der Waals surface area (Å²) in [5, 5.41) is 10.6. The first kappa shape index (κ1) is 14.5. The number of aliphatic carboxylic acids is 1. The Kier molecular flexibility index (Phi) is 4.69. The normalized spacial score (nSPS) is 18.2. The van der Waals surface area contributed by atoms with E-state index in [1.807, 2.05) is 0 Å². The summed E-state index contributed by atoms with van der Waals surface area (Å²) in [5.74, 6) is -1.58. The summed E-state index contributed by atoms with van der Waals surface area (Å²) in [5.41, 5.74) is 0.240. The summed E-state index contributed by atoms with van der Waals surface area (Å²) >= 11 is 0. The third-order valence-corrected chi connectivity index (χ3v) is 3.22. The number of rotatable bonds is 3. The van der Waals surface area contributed by atoms with Crippen LogP contribution in [0.25, 0.3) is 0 Å². The van der Waals surface area contributed by atoms with Crippen LogP contribution in [0.4, 0.5) is 4.79 Å². The van der Waals surface area contributed by atoms with E-state index in [0.717, 1.165) is 12.8 Å². The molecule has 3 amide bonds. The Bertz CT molecular complexity index is 342. The van der Waals surface area contributed by atoms with Crippen LogP contribution < -0.4 is 5.32 Å². The number of nitrogens with zero attached hydrogens (tertiary/aromatic N) is 1. The lowest BCUT2D eigenvalue weighted by Gasteiger charge is -2.36. The smallest absolute Gasteiger partial charge is 0.324 e. The number of likely N-dealkylation sites (tertiary alicyclic amines) is 1. The van der Waals surface area contributed by atoms with E-state index in [4.69, 9.17) is 5.11 Å². The molecule has 0 aliphatic carbocycles. The molecule has 0 bridgehead atoms. The van der Waals surface area contributed by atoms with E-state index in [2.05, 4.69) is 19.2 Å². The average molecular weight is 256 g/mol. The molecule has 0 radical (unpaired) electrons. The highest BCUT2D eigenvalue weighted by Gasteiger charge is 2.28. The lowest BCUT2D eigenvalue weighted by molar-refractivity contribution is -0.138. The largest absolute Gasteiger partial charge is 0.481 e. The maximum atomic E-state index is 11.7. The van der Waals surface area contributed by atoms with Crippen molar-refractivity contribution in [2.45, 2.75) is 39.5 Å². The third-order valence-electron chi connectivity index (χ3n) is 3.22. The van der Waals surface area contributed by atoms with Crippen LogP contribution in [0, 0.1) is 5.41 Å². The molecule has 0 aromatic rings. The summed E-state index contributed by atoms with van der Waals surface area (Å²) < 4.78 is 0. The molecule has 0 aromatic heterocycles. The minimum Gasteiger partial charge on any atom is -0.481 e. The highest BCUT2D eigenvalue weighted by atomic mass is 16.4. The van der Waals surface area contributed by atoms with E-state index in [0.29, 0.717) is 13.1 Å². The second-order valence-electron chi connectivity index (χ2n) is 5.40. The number of carbonyl (C=O) groups excluding carboxylic acids is 2. The predicted octanol–water partition coefficient (Wildman–Crippen LogP) is 1.21. The van der Waals surface area contributed by atoms with Crippen molar-refractivity contribution in [1.82, 2.24) is 10.2 Å². The zero-order valence-electron chi connectivity index (χ0n) is 10.9. The van der Waals surface area contributed by atoms with Crippen molar-refractivity contribution >= 4 is 17.9 Å². The fraction of sp³-hybridized carbons (Fsp3) is 0.750. The summed E-state index contributed by atoms with van der Waals surface area (Å²) in [6.45, 7) is 5.57. The number of imide groups is 1. The second-order valence-corrected chi connectivity index (χ2v) is 5.40. The fourth-order valence-corrected chi connectivity index (χ4v) is 1.80. The van der Waals surface area contributed by atoms with Gasteiger partial charge in [0.1, 0.15) is 0 Å². The molecule has 0 aromatic carbocycles. The molecule has 1 rings (SSSR count). The van der Waals surface area contributed by atoms with Crippen LogP contribution in [0.2, 0.25) is 0 Å². The maximum Gasteiger partial charge on any atom is 0.324 e. The highest BCUT2D eigenvalue weighted by Crippen LogP contribution is 2.29. The van der Waals surface area contributed by atoms with E-state index in [1.165, 1.54) is 0 Å². The molecule has 0 atom stereocenters. The second kappa shape index (κ2) is 5.84. The van der Waals surface area contributed by atoms with Gasteiger partial charge in [-0.05, 0) is 18.3 Å². The van der Waals surface area contributed by atoms with Crippen LogP contribution in [0.15, 0.2) is 0 Å². The molecule has 0 unspecified atom stereocenters. The first-order valence-electron chi connectivity index (χ1n) is 6.11. The van der Waals surface area contributed by atoms with E-state index in [9.17, 15) is 14.4 Å². The molecule has 18 heavy (non-hydrogen) atoms. The number of hydrogen-bond donors (Lipinski definition) is 2. The number of carboxylic acids is 1. The minimum absolute atomic E-state index is 0.166. The summed E-state index contributed by atoms with van der Waals surface area (Å²) in [7, 11) is 0. The molecule has 1 heterocycles. The van der Waals surface area contributed by atoms with Crippen molar-refractivity contribution in [1.29, 1.82) is 0 Å². The molecular formula is C12H20N2O4. The zero-order valence-corrected chi connectivity index (χ0v) is 10.9. The Morgan fingerprint density at radius 1 is 1.17 bits per heavy atom. The van der Waals surface area contributed by atoms with Crippen LogP contribution in [-0.4, -0.2) is 41.0 Å². The number of urea groups is 1. The van der Waals surface area contributed by atoms with Gasteiger partial charge in [-0.1, -0.05) is 13.8 Å². The monoisotopic (exact) mass is 256 g/mol. The molecule has 6 heteroatoms. The van der Waals surface area contributed by atoms with Crippen molar-refractivity contribution < 1.29 is 19.5 Å². The van der Waals surface area contributed by atoms with E-state index in [1.54, 1.807) is 4.90 Å². The molecule has 0 spiro atoms. The number of nitrogens with one attached hydrogen (secondary N) is 1. The lowest BCUT2D eigenvalue weighted by atomic mass is 9.83. The van der Waals surface area contributed by atoms with Crippen LogP contribution in [0.1, 0.15) is 39.5 Å². The van der Waals surface area contributed by atoms with Crippen LogP contribution in [0.3, 0.4) is 0 Å². The quantitative estimate of drug-likeness (QED) is 0.794. The summed E-state index contributed by atoms with van der Waals surface area (Å²) in [6, 6.07) is -0.416. The van der Waals surface area contributed by atoms with E-state index >= 15 is 0 Å². The number of piperidine rings is 1. The Balaban J connectivity index is 2.33. The predicted molar refractivity (Wildman–Crippen MR) is 65.0 cm³/mol. The van der Waals surface area contributed by atoms with Crippen LogP contribution in [0.5, 0.6) is 0 Å². The van der Waals surface area contributed by atoms with Gasteiger partial charge in [0, 0.05) is 19.5 Å². The van der Waals surface area contributed by atoms with Crippen molar-refractivity contribution in [3.63, 3.8) is 0 Å². The standard InChI is InChI=1S/C12H20N2O4/c1-12(2)5-7-14(8-6-12)11(18)13-9(15)3-4-10(16)17/h3-8H2,1-2H3,(H,16,17)(H,13,15,18). The third kappa shape index (κ3) is 4.73. The van der Waals surface area contributed by atoms with Gasteiger partial charge in [0.2, 0.25) is 5.91 Å². The maximum absolute atomic E-state index is 11.7. The Morgan fingerprint density at radius 2 is 1.72 bits per heavy atom. The van der Waals surface area contributed by atoms with Gasteiger partial charge in [-0.3, -0.25) is 14.9 Å². The van der Waals surface area contributed by atoms with Gasteiger partial charge < -0.3 is 10.0 Å². The number of hydrogen-bond acceptors (Lipinski definition) is 3. The van der Waals surface area contributed by atoms with Gasteiger partial charge in [-0.2, -0.15) is 0 Å². The van der Waals surface area contributed by atoms with E-state index < -0.39 is 17.9 Å². The molecule has 0 saturated carbocycles. The van der Waals surface area contributed by atoms with Gasteiger partial charge in [0.15, 0.2) is 0 Å². The number of amides is 3. The molecule has 1 aliphatic rings. The molecular weight excluding hydrogens is 236 g/mol. The highest BCUT2D eigenvalue weighted by molar-refractivity contribution is 5.95. The van der Waals surface area contributed by atoms with Crippen molar-refractivity contribution in [2.24, 2.45) is 5.41 Å². The average Bonchev–Trinajstić information content (AvgIpc) is 2.26. The van der Waals surface area contributed by atoms with Crippen molar-refractivity contribution in [2.75, 3.05) is 13.1 Å². The Labute approximate surface area is 106 Å². The summed E-state index contributed by atoms with van der Waals surface area (Å²) in [4.78, 5) is 34.9. The van der Waals surface area contributed by atoms with Gasteiger partial charge in [0.25, 0.3) is 0 Å². The first-order chi connectivity index (χ1) is 8.30. The van der Waals surface area contributed by atoms with Crippen LogP contribution in [-0.2, 0) is 9.59 Å². The summed E-state index contributed by atoms with van der Waals surface area (Å²) in [6.07, 6.45) is 1.39. The molecule has 1 saturated heterocycles. The molecule has 102 valence electrons. The lowest BCUT2D eigenvalue weighted by Crippen LogP contribution is -2.47. The zero-order chi connectivity index (χ0) is 13.8. The Hall–Kier alpha value is -1.59. The van der Waals surface area contributed by atoms with E-state index in [-0.39, 0.29) is 18.3 Å². The Morgan fingerprint density at radius 3 is 2.22 bits per heavy atom. The fourth-order valence-electron chi connectivity index (χ4n) is 1.80. The topological polar surface area (TPSA) is 86.7 Å². The van der Waals surface area contributed by atoms with Gasteiger partial charge in [-0.25, -0.2) is 4.79 Å². The van der Waals surface area contributed by atoms with Gasteiger partial charge >= 0.3 is 12.0 Å². The molecule has 6 nitrogen and oxygen atoms in total. The van der Waals surface area contributed by atoms with Crippen molar-refractivity contribution in [3.05, 3.63) is 0 Å². The van der Waals surface area contributed by atoms with Gasteiger partial charge in [-0.15, -0.1) is 0 Å². The van der Waals surface area contributed by atoms with Crippen molar-refractivity contribution in [3.8, 4) is 0 Å². The molecule has 1 aliphatic heterocycles. The molecule has 1 fully saturated rings. The van der Waals surface area contributed by atoms with Gasteiger partial charge in [0.05, 0.1) is 6.42 Å². The molecule has 2 N–H and O–H groups in total. The minimum atomic E-state index is -1.04.